The molecular weight excluding hydrogens is 307 g/mol. The number of nitriles is 1. The molecule has 0 aromatic heterocycles. The van der Waals surface area contributed by atoms with Crippen LogP contribution in [0.3, 0.4) is 0 Å². The first-order valence-corrected chi connectivity index (χ1v) is 6.58. The largest absolute Gasteiger partial charge is 0.378 e. The topological polar surface area (TPSA) is 35.8 Å². The van der Waals surface area contributed by atoms with E-state index in [1.807, 2.05) is 19.1 Å². The van der Waals surface area contributed by atoms with E-state index in [1.165, 1.54) is 6.07 Å². The predicted molar refractivity (Wildman–Crippen MR) is 77.3 cm³/mol. The van der Waals surface area contributed by atoms with Gasteiger partial charge < -0.3 is 5.32 Å². The third-order valence-corrected chi connectivity index (χ3v) is 3.55. The first-order chi connectivity index (χ1) is 9.11. The van der Waals surface area contributed by atoms with Crippen molar-refractivity contribution in [2.45, 2.75) is 13.5 Å². The molecule has 0 bridgehead atoms. The molecule has 0 atom stereocenters. The summed E-state index contributed by atoms with van der Waals surface area (Å²) in [7, 11) is 0. The van der Waals surface area contributed by atoms with Crippen LogP contribution in [0.15, 0.2) is 40.9 Å². The maximum Gasteiger partial charge on any atom is 0.147 e. The Hall–Kier alpha value is -1.86. The fraction of sp³-hybridized carbons (Fsp3) is 0.133. The van der Waals surface area contributed by atoms with Crippen LogP contribution >= 0.6 is 15.9 Å². The van der Waals surface area contributed by atoms with Gasteiger partial charge in [-0.05, 0) is 58.2 Å². The lowest BCUT2D eigenvalue weighted by atomic mass is 10.1. The molecule has 0 heterocycles. The molecule has 19 heavy (non-hydrogen) atoms. The van der Waals surface area contributed by atoms with Gasteiger partial charge >= 0.3 is 0 Å². The number of hydrogen-bond acceptors (Lipinski definition) is 2. The zero-order valence-corrected chi connectivity index (χ0v) is 12.0. The Bertz CT molecular complexity index is 627. The summed E-state index contributed by atoms with van der Waals surface area (Å²) in [6, 6.07) is 12.4. The van der Waals surface area contributed by atoms with Crippen molar-refractivity contribution in [1.82, 2.24) is 0 Å². The average Bonchev–Trinajstić information content (AvgIpc) is 2.39. The van der Waals surface area contributed by atoms with Gasteiger partial charge in [0.15, 0.2) is 0 Å². The minimum absolute atomic E-state index is 0.291. The fourth-order valence-electron chi connectivity index (χ4n) is 1.81. The summed E-state index contributed by atoms with van der Waals surface area (Å²) in [4.78, 5) is 0. The highest BCUT2D eigenvalue weighted by atomic mass is 79.9. The second-order valence-electron chi connectivity index (χ2n) is 4.20. The molecular formula is C15H12BrFN2. The van der Waals surface area contributed by atoms with E-state index >= 15 is 0 Å². The summed E-state index contributed by atoms with van der Waals surface area (Å²) in [5.41, 5.74) is 3.13. The normalized spacial score (nSPS) is 10.0. The Morgan fingerprint density at radius 2 is 2.11 bits per heavy atom. The van der Waals surface area contributed by atoms with E-state index < -0.39 is 0 Å². The second kappa shape index (κ2) is 5.85. The molecule has 96 valence electrons. The van der Waals surface area contributed by atoms with Gasteiger partial charge in [0.25, 0.3) is 0 Å². The summed E-state index contributed by atoms with van der Waals surface area (Å²) in [6.07, 6.45) is 0. The highest BCUT2D eigenvalue weighted by Gasteiger charge is 2.06. The number of aryl methyl sites for hydroxylation is 1. The number of rotatable bonds is 3. The van der Waals surface area contributed by atoms with Gasteiger partial charge in [-0.1, -0.05) is 12.1 Å². The zero-order valence-electron chi connectivity index (χ0n) is 10.4. The van der Waals surface area contributed by atoms with E-state index in [4.69, 9.17) is 5.26 Å². The van der Waals surface area contributed by atoms with E-state index in [0.29, 0.717) is 22.3 Å². The van der Waals surface area contributed by atoms with E-state index in [9.17, 15) is 4.39 Å². The molecule has 4 heteroatoms. The van der Waals surface area contributed by atoms with Gasteiger partial charge in [-0.2, -0.15) is 5.26 Å². The summed E-state index contributed by atoms with van der Waals surface area (Å²) >= 11 is 3.32. The van der Waals surface area contributed by atoms with Crippen LogP contribution in [0.2, 0.25) is 0 Å². The molecule has 2 rings (SSSR count). The first-order valence-electron chi connectivity index (χ1n) is 5.79. The molecule has 0 aliphatic rings. The smallest absolute Gasteiger partial charge is 0.147 e. The van der Waals surface area contributed by atoms with Crippen LogP contribution in [0.1, 0.15) is 16.7 Å². The van der Waals surface area contributed by atoms with E-state index in [0.717, 1.165) is 11.1 Å². The van der Waals surface area contributed by atoms with E-state index in [-0.39, 0.29) is 5.82 Å². The number of halogens is 2. The molecule has 1 N–H and O–H groups in total. The molecule has 2 aromatic rings. The molecule has 2 aromatic carbocycles. The molecule has 0 unspecified atom stereocenters. The standard InChI is InChI=1S/C15H12BrFN2/c1-10-7-11(8-18)5-6-12(10)9-19-15-13(16)3-2-4-14(15)17/h2-7,19H,9H2,1H3. The van der Waals surface area contributed by atoms with Crippen LogP contribution in [0.25, 0.3) is 0 Å². The number of benzene rings is 2. The number of anilines is 1. The van der Waals surface area contributed by atoms with Gasteiger partial charge in [0.05, 0.1) is 17.3 Å². The fourth-order valence-corrected chi connectivity index (χ4v) is 2.30. The van der Waals surface area contributed by atoms with Gasteiger partial charge in [-0.3, -0.25) is 0 Å². The Morgan fingerprint density at radius 3 is 2.74 bits per heavy atom. The van der Waals surface area contributed by atoms with Gasteiger partial charge in [0, 0.05) is 11.0 Å². The molecule has 0 saturated carbocycles. The van der Waals surface area contributed by atoms with Crippen LogP contribution in [-0.4, -0.2) is 0 Å². The predicted octanol–water partition coefficient (Wildman–Crippen LogP) is 4.38. The van der Waals surface area contributed by atoms with Crippen molar-refractivity contribution in [2.24, 2.45) is 0 Å². The maximum atomic E-state index is 13.6. The van der Waals surface area contributed by atoms with Gasteiger partial charge in [0.2, 0.25) is 0 Å². The van der Waals surface area contributed by atoms with Crippen molar-refractivity contribution < 1.29 is 4.39 Å². The highest BCUT2D eigenvalue weighted by Crippen LogP contribution is 2.26. The van der Waals surface area contributed by atoms with Gasteiger partial charge in [-0.15, -0.1) is 0 Å². The molecule has 0 fully saturated rings. The quantitative estimate of drug-likeness (QED) is 0.911. The summed E-state index contributed by atoms with van der Waals surface area (Å²) in [6.45, 7) is 2.45. The van der Waals surface area contributed by atoms with Crippen molar-refractivity contribution in [3.63, 3.8) is 0 Å². The molecule has 2 nitrogen and oxygen atoms in total. The zero-order chi connectivity index (χ0) is 13.8. The van der Waals surface area contributed by atoms with Crippen molar-refractivity contribution in [3.8, 4) is 6.07 Å². The van der Waals surface area contributed by atoms with E-state index in [1.54, 1.807) is 18.2 Å². The number of hydrogen-bond donors (Lipinski definition) is 1. The Labute approximate surface area is 120 Å². The molecule has 0 aliphatic heterocycles. The lowest BCUT2D eigenvalue weighted by Crippen LogP contribution is -2.04. The maximum absolute atomic E-state index is 13.6. The van der Waals surface area contributed by atoms with Crippen LogP contribution in [0.5, 0.6) is 0 Å². The van der Waals surface area contributed by atoms with Crippen molar-refractivity contribution in [3.05, 3.63) is 63.4 Å². The Morgan fingerprint density at radius 1 is 1.32 bits per heavy atom. The number of nitrogens with zero attached hydrogens (tertiary/aromatic N) is 1. The van der Waals surface area contributed by atoms with Crippen LogP contribution in [0, 0.1) is 24.1 Å². The summed E-state index contributed by atoms with van der Waals surface area (Å²) in [5.74, 6) is -0.291. The SMILES string of the molecule is Cc1cc(C#N)ccc1CNc1c(F)cccc1Br. The summed E-state index contributed by atoms with van der Waals surface area (Å²) in [5, 5.41) is 11.9. The molecule has 0 radical (unpaired) electrons. The highest BCUT2D eigenvalue weighted by molar-refractivity contribution is 9.10. The van der Waals surface area contributed by atoms with Crippen LogP contribution < -0.4 is 5.32 Å². The van der Waals surface area contributed by atoms with Crippen LogP contribution in [-0.2, 0) is 6.54 Å². The lowest BCUT2D eigenvalue weighted by Gasteiger charge is -2.11. The van der Waals surface area contributed by atoms with Gasteiger partial charge in [0.1, 0.15) is 5.82 Å². The second-order valence-corrected chi connectivity index (χ2v) is 5.06. The number of para-hydroxylation sites is 1. The molecule has 0 amide bonds. The lowest BCUT2D eigenvalue weighted by molar-refractivity contribution is 0.629. The van der Waals surface area contributed by atoms with Crippen molar-refractivity contribution in [2.75, 3.05) is 5.32 Å². The minimum atomic E-state index is -0.291. The third kappa shape index (κ3) is 3.12. The Kier molecular flexibility index (Phi) is 4.18. The third-order valence-electron chi connectivity index (χ3n) is 2.89. The van der Waals surface area contributed by atoms with Gasteiger partial charge in [-0.25, -0.2) is 4.39 Å². The number of nitrogens with one attached hydrogen (secondary N) is 1. The van der Waals surface area contributed by atoms with Crippen LogP contribution in [0.4, 0.5) is 10.1 Å². The average molecular weight is 319 g/mol. The molecule has 0 aliphatic carbocycles. The van der Waals surface area contributed by atoms with E-state index in [2.05, 4.69) is 27.3 Å². The molecule has 0 spiro atoms. The monoisotopic (exact) mass is 318 g/mol. The van der Waals surface area contributed by atoms with Crippen molar-refractivity contribution in [1.29, 1.82) is 5.26 Å². The minimum Gasteiger partial charge on any atom is -0.378 e. The molecule has 0 saturated heterocycles. The Balaban J connectivity index is 2.17. The summed E-state index contributed by atoms with van der Waals surface area (Å²) < 4.78 is 14.3. The first kappa shape index (κ1) is 13.6. The van der Waals surface area contributed by atoms with Crippen molar-refractivity contribution >= 4 is 21.6 Å².